The van der Waals surface area contributed by atoms with Crippen LogP contribution in [-0.4, -0.2) is 73.9 Å². The number of hydrogen-bond donors (Lipinski definition) is 1. The summed E-state index contributed by atoms with van der Waals surface area (Å²) in [7, 11) is 4.18. The first-order valence-corrected chi connectivity index (χ1v) is 17.8. The Labute approximate surface area is 287 Å². The van der Waals surface area contributed by atoms with Crippen LogP contribution < -0.4 is 15.0 Å². The highest BCUT2D eigenvalue weighted by atomic mass is 32.1. The Morgan fingerprint density at radius 1 is 0.896 bits per heavy atom. The minimum absolute atomic E-state index is 0.126. The number of carbonyl (C=O) groups is 3. The number of rotatable bonds is 10. The predicted octanol–water partition coefficient (Wildman–Crippen LogP) is 7.36. The van der Waals surface area contributed by atoms with Gasteiger partial charge in [0.05, 0.1) is 17.9 Å². The molecule has 0 spiro atoms. The van der Waals surface area contributed by atoms with E-state index in [1.165, 1.54) is 4.88 Å². The molecular weight excluding hydrogens is 621 g/mol. The molecule has 2 aliphatic heterocycles. The van der Waals surface area contributed by atoms with Crippen LogP contribution in [0.15, 0.2) is 84.2 Å². The quantitative estimate of drug-likeness (QED) is 0.179. The van der Waals surface area contributed by atoms with E-state index in [9.17, 15) is 14.4 Å². The summed E-state index contributed by atoms with van der Waals surface area (Å²) < 4.78 is 6.28. The van der Waals surface area contributed by atoms with Crippen LogP contribution in [0.2, 0.25) is 0 Å². The summed E-state index contributed by atoms with van der Waals surface area (Å²) >= 11 is 1.69. The summed E-state index contributed by atoms with van der Waals surface area (Å²) in [6.07, 6.45) is 5.81. The third kappa shape index (κ3) is 7.80. The second-order valence-corrected chi connectivity index (χ2v) is 13.7. The molecule has 2 aliphatic rings. The fourth-order valence-electron chi connectivity index (χ4n) is 6.63. The Balaban J connectivity index is 1.19. The van der Waals surface area contributed by atoms with E-state index < -0.39 is 0 Å². The molecule has 250 valence electrons. The van der Waals surface area contributed by atoms with Gasteiger partial charge < -0.3 is 24.8 Å². The van der Waals surface area contributed by atoms with E-state index in [1.807, 2.05) is 75.8 Å². The van der Waals surface area contributed by atoms with Gasteiger partial charge in [-0.15, -0.1) is 11.3 Å². The highest BCUT2D eigenvalue weighted by molar-refractivity contribution is 7.10. The molecule has 48 heavy (non-hydrogen) atoms. The number of fused-ring (bicyclic) bond motifs is 1. The monoisotopic (exact) mass is 664 g/mol. The summed E-state index contributed by atoms with van der Waals surface area (Å²) in [6, 6.07) is 25.1. The standard InChI is InChI=1S/C39H44N4O4S/c1-41(2)30-19-23-42(24-20-30)37(44)16-10-25-47-35-27-29(40-38(45)32-14-7-6-13-31(32)28-11-4-3-5-12-28)17-18-33(35)39(46)43-22-9-8-15-36-34(43)21-26-48-36/h3-7,11-14,17-18,21,26-27,30H,8-10,15-16,19-20,22-25H2,1-2H3,(H,40,45). The summed E-state index contributed by atoms with van der Waals surface area (Å²) in [5.74, 6) is 0.159. The lowest BCUT2D eigenvalue weighted by molar-refractivity contribution is -0.132. The van der Waals surface area contributed by atoms with E-state index in [1.54, 1.807) is 29.5 Å². The van der Waals surface area contributed by atoms with Crippen molar-refractivity contribution in [2.45, 2.75) is 51.0 Å². The molecule has 3 amide bonds. The van der Waals surface area contributed by atoms with E-state index in [-0.39, 0.29) is 24.3 Å². The highest BCUT2D eigenvalue weighted by Gasteiger charge is 2.27. The molecule has 0 saturated carbocycles. The van der Waals surface area contributed by atoms with E-state index in [4.69, 9.17) is 4.74 Å². The second-order valence-electron chi connectivity index (χ2n) is 12.7. The molecule has 9 heteroatoms. The number of anilines is 2. The van der Waals surface area contributed by atoms with Gasteiger partial charge >= 0.3 is 0 Å². The normalized spacial score (nSPS) is 15.1. The van der Waals surface area contributed by atoms with Gasteiger partial charge in [-0.1, -0.05) is 48.5 Å². The molecule has 3 aromatic carbocycles. The van der Waals surface area contributed by atoms with Gasteiger partial charge in [0.15, 0.2) is 0 Å². The van der Waals surface area contributed by atoms with Crippen molar-refractivity contribution in [2.75, 3.05) is 50.6 Å². The highest BCUT2D eigenvalue weighted by Crippen LogP contribution is 2.34. The van der Waals surface area contributed by atoms with Gasteiger partial charge in [0, 0.05) is 54.3 Å². The van der Waals surface area contributed by atoms with Crippen LogP contribution in [0.1, 0.15) is 64.1 Å². The van der Waals surface area contributed by atoms with Crippen molar-refractivity contribution in [2.24, 2.45) is 0 Å². The zero-order chi connectivity index (χ0) is 33.5. The third-order valence-corrected chi connectivity index (χ3v) is 10.3. The molecule has 1 N–H and O–H groups in total. The molecule has 0 bridgehead atoms. The molecule has 0 aliphatic carbocycles. The smallest absolute Gasteiger partial charge is 0.262 e. The second kappa shape index (κ2) is 15.6. The van der Waals surface area contributed by atoms with Crippen LogP contribution in [0.5, 0.6) is 5.75 Å². The minimum Gasteiger partial charge on any atom is -0.493 e. The topological polar surface area (TPSA) is 82.2 Å². The summed E-state index contributed by atoms with van der Waals surface area (Å²) in [4.78, 5) is 48.0. The van der Waals surface area contributed by atoms with Crippen molar-refractivity contribution in [3.05, 3.63) is 100 Å². The summed E-state index contributed by atoms with van der Waals surface area (Å²) in [6.45, 7) is 2.46. The van der Waals surface area contributed by atoms with Crippen LogP contribution >= 0.6 is 11.3 Å². The minimum atomic E-state index is -0.251. The molecule has 0 radical (unpaired) electrons. The average Bonchev–Trinajstić information content (AvgIpc) is 3.49. The van der Waals surface area contributed by atoms with Crippen LogP contribution in [-0.2, 0) is 11.2 Å². The molecule has 0 atom stereocenters. The fourth-order valence-corrected chi connectivity index (χ4v) is 7.56. The summed E-state index contributed by atoms with van der Waals surface area (Å²) in [5, 5.41) is 5.07. The zero-order valence-electron chi connectivity index (χ0n) is 27.8. The molecule has 1 saturated heterocycles. The van der Waals surface area contributed by atoms with Gasteiger partial charge in [0.25, 0.3) is 11.8 Å². The van der Waals surface area contributed by atoms with E-state index >= 15 is 0 Å². The molecule has 0 unspecified atom stereocenters. The number of likely N-dealkylation sites (tertiary alicyclic amines) is 1. The number of aryl methyl sites for hydroxylation is 1. The van der Waals surface area contributed by atoms with E-state index in [2.05, 4.69) is 24.3 Å². The maximum atomic E-state index is 14.1. The molecule has 4 aromatic rings. The number of carbonyl (C=O) groups excluding carboxylic acids is 3. The van der Waals surface area contributed by atoms with Crippen molar-refractivity contribution in [1.82, 2.24) is 9.80 Å². The van der Waals surface area contributed by atoms with Crippen molar-refractivity contribution >= 4 is 40.4 Å². The molecule has 1 fully saturated rings. The number of nitrogens with one attached hydrogen (secondary N) is 1. The first-order chi connectivity index (χ1) is 23.4. The Bertz CT molecular complexity index is 1730. The Morgan fingerprint density at radius 2 is 1.67 bits per heavy atom. The molecule has 3 heterocycles. The SMILES string of the molecule is CN(C)C1CCN(C(=O)CCCOc2cc(NC(=O)c3ccccc3-c3ccccc3)ccc2C(=O)N2CCCCc3sccc32)CC1. The fraction of sp³-hybridized carbons (Fsp3) is 0.359. The summed E-state index contributed by atoms with van der Waals surface area (Å²) in [5.41, 5.74) is 4.27. The van der Waals surface area contributed by atoms with Crippen molar-refractivity contribution in [1.29, 1.82) is 0 Å². The third-order valence-electron chi connectivity index (χ3n) is 9.36. The van der Waals surface area contributed by atoms with Gasteiger partial charge in [0.1, 0.15) is 5.75 Å². The predicted molar refractivity (Wildman–Crippen MR) is 193 cm³/mol. The lowest BCUT2D eigenvalue weighted by atomic mass is 9.99. The Hall–Kier alpha value is -4.47. The molecule has 1 aromatic heterocycles. The number of nitrogens with zero attached hydrogens (tertiary/aromatic N) is 3. The molecule has 6 rings (SSSR count). The number of benzene rings is 3. The number of piperidine rings is 1. The first kappa shape index (κ1) is 33.4. The largest absolute Gasteiger partial charge is 0.493 e. The van der Waals surface area contributed by atoms with Crippen molar-refractivity contribution < 1.29 is 19.1 Å². The number of amides is 3. The molecular formula is C39H44N4O4S. The maximum Gasteiger partial charge on any atom is 0.262 e. The number of hydrogen-bond acceptors (Lipinski definition) is 6. The Kier molecular flexibility index (Phi) is 10.9. The van der Waals surface area contributed by atoms with Crippen molar-refractivity contribution in [3.8, 4) is 16.9 Å². The average molecular weight is 665 g/mol. The van der Waals surface area contributed by atoms with Crippen molar-refractivity contribution in [3.63, 3.8) is 0 Å². The van der Waals surface area contributed by atoms with E-state index in [0.717, 1.165) is 62.0 Å². The van der Waals surface area contributed by atoms with Gasteiger partial charge in [-0.05, 0) is 93.4 Å². The number of ether oxygens (including phenoxy) is 1. The van der Waals surface area contributed by atoms with Gasteiger partial charge in [-0.25, -0.2) is 0 Å². The lowest BCUT2D eigenvalue weighted by Gasteiger charge is -2.35. The van der Waals surface area contributed by atoms with Crippen LogP contribution in [0, 0.1) is 0 Å². The van der Waals surface area contributed by atoms with Crippen LogP contribution in [0.25, 0.3) is 11.1 Å². The van der Waals surface area contributed by atoms with Gasteiger partial charge in [-0.2, -0.15) is 0 Å². The Morgan fingerprint density at radius 3 is 2.46 bits per heavy atom. The van der Waals surface area contributed by atoms with Crippen LogP contribution in [0.3, 0.4) is 0 Å². The zero-order valence-corrected chi connectivity index (χ0v) is 28.6. The lowest BCUT2D eigenvalue weighted by Crippen LogP contribution is -2.44. The first-order valence-electron chi connectivity index (χ1n) is 16.9. The van der Waals surface area contributed by atoms with Gasteiger partial charge in [0.2, 0.25) is 5.91 Å². The molecule has 8 nitrogen and oxygen atoms in total. The maximum absolute atomic E-state index is 14.1. The van der Waals surface area contributed by atoms with Crippen LogP contribution in [0.4, 0.5) is 11.4 Å². The number of thiophene rings is 1. The van der Waals surface area contributed by atoms with Gasteiger partial charge in [-0.3, -0.25) is 14.4 Å². The van der Waals surface area contributed by atoms with E-state index in [0.29, 0.717) is 48.0 Å².